The number of carboxylic acids is 1. The Bertz CT molecular complexity index is 1030. The van der Waals surface area contributed by atoms with Crippen LogP contribution in [0.5, 0.6) is 0 Å². The van der Waals surface area contributed by atoms with E-state index < -0.39 is 5.97 Å². The normalized spacial score (nSPS) is 16.3. The lowest BCUT2D eigenvalue weighted by Gasteiger charge is -2.14. The molecule has 2 heterocycles. The minimum absolute atomic E-state index is 0.0929. The standard InChI is InChI=1S/C19H14ClN3O3S/c20-13-3-1-2-12(8-13)17-15-9-21-23(18(15)22-16(24)10-27-17)14-6-4-11(5-7-14)19(25)26/h1-9,17H,10H2,(H,22,24)(H,25,26)/t17-/m0/s1. The second-order valence-corrected chi connectivity index (χ2v) is 7.54. The van der Waals surface area contributed by atoms with Crippen molar-refractivity contribution in [3.05, 3.63) is 76.4 Å². The molecular weight excluding hydrogens is 386 g/mol. The summed E-state index contributed by atoms with van der Waals surface area (Å²) in [5.41, 5.74) is 2.72. The molecule has 1 aromatic heterocycles. The summed E-state index contributed by atoms with van der Waals surface area (Å²) in [6.07, 6.45) is 1.73. The molecule has 0 spiro atoms. The van der Waals surface area contributed by atoms with Gasteiger partial charge >= 0.3 is 5.97 Å². The van der Waals surface area contributed by atoms with E-state index in [1.54, 1.807) is 23.0 Å². The molecule has 4 rings (SSSR count). The van der Waals surface area contributed by atoms with Gasteiger partial charge in [-0.05, 0) is 42.0 Å². The molecule has 2 N–H and O–H groups in total. The maximum absolute atomic E-state index is 12.2. The number of aromatic carboxylic acids is 1. The SMILES string of the molecule is O=C1CS[C@@H](c2cccc(Cl)c2)c2cnn(-c3ccc(C(=O)O)cc3)c2N1. The molecule has 6 nitrogen and oxygen atoms in total. The number of carbonyl (C=O) groups is 2. The van der Waals surface area contributed by atoms with Crippen LogP contribution in [-0.4, -0.2) is 32.5 Å². The van der Waals surface area contributed by atoms with Crippen molar-refractivity contribution in [2.24, 2.45) is 0 Å². The molecule has 0 aliphatic carbocycles. The molecule has 0 unspecified atom stereocenters. The predicted octanol–water partition coefficient (Wildman–Crippen LogP) is 4.00. The summed E-state index contributed by atoms with van der Waals surface area (Å²) in [5, 5.41) is 16.9. The lowest BCUT2D eigenvalue weighted by molar-refractivity contribution is -0.113. The molecule has 0 bridgehead atoms. The Kier molecular flexibility index (Phi) is 4.63. The first-order chi connectivity index (χ1) is 13.0. The molecule has 1 atom stereocenters. The van der Waals surface area contributed by atoms with Gasteiger partial charge in [0.15, 0.2) is 0 Å². The Balaban J connectivity index is 1.79. The van der Waals surface area contributed by atoms with Crippen LogP contribution in [0, 0.1) is 0 Å². The molecule has 136 valence electrons. The number of benzene rings is 2. The van der Waals surface area contributed by atoms with Gasteiger partial charge in [0.05, 0.1) is 28.5 Å². The van der Waals surface area contributed by atoms with Gasteiger partial charge in [-0.25, -0.2) is 9.48 Å². The molecule has 0 radical (unpaired) electrons. The minimum atomic E-state index is -0.994. The first kappa shape index (κ1) is 17.6. The number of thioether (sulfide) groups is 1. The highest BCUT2D eigenvalue weighted by Gasteiger charge is 2.28. The van der Waals surface area contributed by atoms with Crippen molar-refractivity contribution in [1.29, 1.82) is 0 Å². The third-order valence-corrected chi connectivity index (χ3v) is 5.75. The van der Waals surface area contributed by atoms with Crippen molar-refractivity contribution in [3.63, 3.8) is 0 Å². The Hall–Kier alpha value is -2.77. The molecule has 27 heavy (non-hydrogen) atoms. The number of halogens is 1. The third-order valence-electron chi connectivity index (χ3n) is 4.23. The molecule has 0 saturated carbocycles. The van der Waals surface area contributed by atoms with Crippen molar-refractivity contribution >= 4 is 41.1 Å². The lowest BCUT2D eigenvalue weighted by atomic mass is 10.1. The minimum Gasteiger partial charge on any atom is -0.478 e. The molecule has 3 aromatic rings. The fraction of sp³-hybridized carbons (Fsp3) is 0.105. The first-order valence-corrected chi connectivity index (χ1v) is 9.54. The highest BCUT2D eigenvalue weighted by molar-refractivity contribution is 8.00. The Labute approximate surface area is 164 Å². The van der Waals surface area contributed by atoms with Gasteiger partial charge in [0.2, 0.25) is 5.91 Å². The maximum Gasteiger partial charge on any atom is 0.335 e. The zero-order valence-electron chi connectivity index (χ0n) is 13.9. The number of rotatable bonds is 3. The van der Waals surface area contributed by atoms with Crippen LogP contribution < -0.4 is 5.32 Å². The quantitative estimate of drug-likeness (QED) is 0.695. The summed E-state index contributed by atoms with van der Waals surface area (Å²) in [4.78, 5) is 23.3. The van der Waals surface area contributed by atoms with Crippen molar-refractivity contribution in [2.45, 2.75) is 5.25 Å². The van der Waals surface area contributed by atoms with Crippen LogP contribution in [0.15, 0.2) is 54.7 Å². The van der Waals surface area contributed by atoms with E-state index in [9.17, 15) is 9.59 Å². The molecule has 0 saturated heterocycles. The van der Waals surface area contributed by atoms with Crippen LogP contribution in [0.2, 0.25) is 5.02 Å². The molecule has 1 amide bonds. The highest BCUT2D eigenvalue weighted by Crippen LogP contribution is 2.42. The van der Waals surface area contributed by atoms with Crippen molar-refractivity contribution < 1.29 is 14.7 Å². The monoisotopic (exact) mass is 399 g/mol. The number of anilines is 1. The van der Waals surface area contributed by atoms with Crippen LogP contribution in [0.1, 0.15) is 26.7 Å². The molecule has 1 aliphatic rings. The zero-order valence-corrected chi connectivity index (χ0v) is 15.5. The number of aromatic nitrogens is 2. The number of amides is 1. The van der Waals surface area contributed by atoms with Crippen LogP contribution >= 0.6 is 23.4 Å². The summed E-state index contributed by atoms with van der Waals surface area (Å²) in [6, 6.07) is 13.9. The summed E-state index contributed by atoms with van der Waals surface area (Å²) in [7, 11) is 0. The van der Waals surface area contributed by atoms with E-state index in [4.69, 9.17) is 16.7 Å². The summed E-state index contributed by atoms with van der Waals surface area (Å²) in [5.74, 6) is -0.219. The van der Waals surface area contributed by atoms with Gasteiger partial charge in [-0.1, -0.05) is 23.7 Å². The van der Waals surface area contributed by atoms with Gasteiger partial charge < -0.3 is 10.4 Å². The van der Waals surface area contributed by atoms with Crippen LogP contribution in [0.3, 0.4) is 0 Å². The number of carbonyl (C=O) groups excluding carboxylic acids is 1. The van der Waals surface area contributed by atoms with Crippen molar-refractivity contribution in [1.82, 2.24) is 9.78 Å². The second kappa shape index (κ2) is 7.09. The molecule has 1 aliphatic heterocycles. The molecule has 2 aromatic carbocycles. The van der Waals surface area contributed by atoms with Gasteiger partial charge in [-0.3, -0.25) is 4.79 Å². The number of hydrogen-bond donors (Lipinski definition) is 2. The first-order valence-electron chi connectivity index (χ1n) is 8.11. The number of nitrogens with one attached hydrogen (secondary N) is 1. The number of nitrogens with zero attached hydrogens (tertiary/aromatic N) is 2. The van der Waals surface area contributed by atoms with Crippen molar-refractivity contribution in [2.75, 3.05) is 11.1 Å². The van der Waals surface area contributed by atoms with Gasteiger partial charge in [-0.2, -0.15) is 5.10 Å². The third kappa shape index (κ3) is 3.43. The smallest absolute Gasteiger partial charge is 0.335 e. The van der Waals surface area contributed by atoms with E-state index in [0.717, 1.165) is 11.1 Å². The lowest BCUT2D eigenvalue weighted by Crippen LogP contribution is -2.15. The largest absolute Gasteiger partial charge is 0.478 e. The van der Waals surface area contributed by atoms with Crippen LogP contribution in [0.4, 0.5) is 5.82 Å². The van der Waals surface area contributed by atoms with Gasteiger partial charge in [0, 0.05) is 10.6 Å². The molecular formula is C19H14ClN3O3S. The predicted molar refractivity (Wildman–Crippen MR) is 105 cm³/mol. The van der Waals surface area contributed by atoms with Crippen LogP contribution in [0.25, 0.3) is 5.69 Å². The highest BCUT2D eigenvalue weighted by atomic mass is 35.5. The summed E-state index contributed by atoms with van der Waals surface area (Å²) >= 11 is 7.65. The molecule has 8 heteroatoms. The topological polar surface area (TPSA) is 84.2 Å². The summed E-state index contributed by atoms with van der Waals surface area (Å²) < 4.78 is 1.61. The Morgan fingerprint density at radius 1 is 1.26 bits per heavy atom. The molecule has 0 fully saturated rings. The van der Waals surface area contributed by atoms with Gasteiger partial charge in [-0.15, -0.1) is 11.8 Å². The summed E-state index contributed by atoms with van der Waals surface area (Å²) in [6.45, 7) is 0. The van der Waals surface area contributed by atoms with E-state index >= 15 is 0 Å². The van der Waals surface area contributed by atoms with Gasteiger partial charge in [0.1, 0.15) is 5.82 Å². The average Bonchev–Trinajstić information content (AvgIpc) is 2.97. The zero-order chi connectivity index (χ0) is 19.0. The van der Waals surface area contributed by atoms with Crippen molar-refractivity contribution in [3.8, 4) is 5.69 Å². The Morgan fingerprint density at radius 2 is 2.04 bits per heavy atom. The van der Waals surface area contributed by atoms with E-state index in [-0.39, 0.29) is 16.7 Å². The fourth-order valence-electron chi connectivity index (χ4n) is 2.98. The second-order valence-electron chi connectivity index (χ2n) is 6.01. The van der Waals surface area contributed by atoms with Crippen LogP contribution in [-0.2, 0) is 4.79 Å². The maximum atomic E-state index is 12.2. The number of fused-ring (bicyclic) bond motifs is 1. The van der Waals surface area contributed by atoms with E-state index in [0.29, 0.717) is 22.3 Å². The van der Waals surface area contributed by atoms with E-state index in [1.807, 2.05) is 24.3 Å². The fourth-order valence-corrected chi connectivity index (χ4v) is 4.26. The van der Waals surface area contributed by atoms with Gasteiger partial charge in [0.25, 0.3) is 0 Å². The average molecular weight is 400 g/mol. The van der Waals surface area contributed by atoms with E-state index in [2.05, 4.69) is 10.4 Å². The number of hydrogen-bond acceptors (Lipinski definition) is 4. The number of carboxylic acid groups (broad SMARTS) is 1. The Morgan fingerprint density at radius 3 is 2.74 bits per heavy atom. The van der Waals surface area contributed by atoms with E-state index in [1.165, 1.54) is 23.9 Å².